The minimum Gasteiger partial charge on any atom is -0.360 e. The van der Waals surface area contributed by atoms with E-state index in [-0.39, 0.29) is 36.6 Å². The van der Waals surface area contributed by atoms with Crippen LogP contribution in [-0.4, -0.2) is 39.4 Å². The lowest BCUT2D eigenvalue weighted by Crippen LogP contribution is -2.58. The fourth-order valence-corrected chi connectivity index (χ4v) is 4.57. The lowest BCUT2D eigenvalue weighted by Gasteiger charge is -2.38. The standard InChI is InChI=1S/C23H32N4O4S/c1-16-14-19(26-31-16)25-20(28)11-12-21(29)27(15-18-10-7-13-32-18)23(2,3)22(30)24-17-8-5-4-6-9-17/h7,10,13-14,17H,4-6,8-9,11-12,15H2,1-3H3,(H,24,30)(H,25,26,28). The van der Waals surface area contributed by atoms with E-state index in [1.54, 1.807) is 31.7 Å². The van der Waals surface area contributed by atoms with E-state index in [4.69, 9.17) is 4.52 Å². The number of nitrogens with one attached hydrogen (secondary N) is 2. The van der Waals surface area contributed by atoms with Crippen LogP contribution in [0.25, 0.3) is 0 Å². The Balaban J connectivity index is 1.65. The topological polar surface area (TPSA) is 105 Å². The third-order valence-electron chi connectivity index (χ3n) is 5.83. The molecule has 0 radical (unpaired) electrons. The van der Waals surface area contributed by atoms with Gasteiger partial charge in [0.2, 0.25) is 17.7 Å². The quantitative estimate of drug-likeness (QED) is 0.588. The molecule has 1 saturated carbocycles. The number of anilines is 1. The summed E-state index contributed by atoms with van der Waals surface area (Å²) in [6, 6.07) is 5.64. The first-order chi connectivity index (χ1) is 15.3. The fourth-order valence-electron chi connectivity index (χ4n) is 3.87. The first kappa shape index (κ1) is 24.0. The molecule has 0 aliphatic heterocycles. The summed E-state index contributed by atoms with van der Waals surface area (Å²) in [7, 11) is 0. The Morgan fingerprint density at radius 2 is 1.97 bits per heavy atom. The highest BCUT2D eigenvalue weighted by molar-refractivity contribution is 7.09. The second-order valence-corrected chi connectivity index (χ2v) is 9.83. The average Bonchev–Trinajstić information content (AvgIpc) is 3.42. The van der Waals surface area contributed by atoms with Crippen LogP contribution < -0.4 is 10.6 Å². The maximum Gasteiger partial charge on any atom is 0.245 e. The summed E-state index contributed by atoms with van der Waals surface area (Å²) in [5.74, 6) is 0.185. The number of hydrogen-bond acceptors (Lipinski definition) is 6. The highest BCUT2D eigenvalue weighted by Crippen LogP contribution is 2.24. The van der Waals surface area contributed by atoms with Crippen LogP contribution in [0, 0.1) is 6.92 Å². The van der Waals surface area contributed by atoms with Crippen LogP contribution in [0.15, 0.2) is 28.1 Å². The second-order valence-electron chi connectivity index (χ2n) is 8.80. The molecule has 1 aliphatic carbocycles. The zero-order valence-electron chi connectivity index (χ0n) is 19.0. The number of carbonyl (C=O) groups is 3. The molecule has 1 aliphatic rings. The van der Waals surface area contributed by atoms with Crippen molar-refractivity contribution in [3.05, 3.63) is 34.2 Å². The molecule has 3 rings (SSSR count). The van der Waals surface area contributed by atoms with Crippen molar-refractivity contribution in [2.75, 3.05) is 5.32 Å². The number of thiophene rings is 1. The van der Waals surface area contributed by atoms with Gasteiger partial charge in [-0.25, -0.2) is 0 Å². The molecule has 0 bridgehead atoms. The van der Waals surface area contributed by atoms with Crippen LogP contribution in [0.1, 0.15) is 69.4 Å². The Kier molecular flexibility index (Phi) is 8.06. The van der Waals surface area contributed by atoms with Gasteiger partial charge >= 0.3 is 0 Å². The lowest BCUT2D eigenvalue weighted by atomic mass is 9.93. The van der Waals surface area contributed by atoms with Gasteiger partial charge in [-0.2, -0.15) is 0 Å². The third kappa shape index (κ3) is 6.41. The van der Waals surface area contributed by atoms with Gasteiger partial charge in [-0.05, 0) is 45.1 Å². The van der Waals surface area contributed by atoms with E-state index in [2.05, 4.69) is 15.8 Å². The lowest BCUT2D eigenvalue weighted by molar-refractivity contribution is -0.147. The van der Waals surface area contributed by atoms with Crippen molar-refractivity contribution in [2.24, 2.45) is 0 Å². The SMILES string of the molecule is Cc1cc(NC(=O)CCC(=O)N(Cc2cccs2)C(C)(C)C(=O)NC2CCCCC2)no1. The van der Waals surface area contributed by atoms with Gasteiger partial charge in [-0.3, -0.25) is 14.4 Å². The van der Waals surface area contributed by atoms with Crippen molar-refractivity contribution < 1.29 is 18.9 Å². The zero-order chi connectivity index (χ0) is 23.1. The maximum absolute atomic E-state index is 13.2. The van der Waals surface area contributed by atoms with Gasteiger partial charge in [0.15, 0.2) is 5.82 Å². The molecule has 3 amide bonds. The number of carbonyl (C=O) groups excluding carboxylic acids is 3. The Hall–Kier alpha value is -2.68. The first-order valence-electron chi connectivity index (χ1n) is 11.1. The van der Waals surface area contributed by atoms with Gasteiger partial charge in [-0.1, -0.05) is 30.5 Å². The normalized spacial score (nSPS) is 14.7. The van der Waals surface area contributed by atoms with Crippen molar-refractivity contribution in [1.82, 2.24) is 15.4 Å². The number of aromatic nitrogens is 1. The Bertz CT molecular complexity index is 916. The Morgan fingerprint density at radius 1 is 1.22 bits per heavy atom. The molecule has 2 aromatic heterocycles. The molecule has 0 saturated heterocycles. The summed E-state index contributed by atoms with van der Waals surface area (Å²) in [5.41, 5.74) is -1.04. The molecule has 1 fully saturated rings. The van der Waals surface area contributed by atoms with E-state index in [1.165, 1.54) is 17.8 Å². The summed E-state index contributed by atoms with van der Waals surface area (Å²) in [6.07, 6.45) is 5.37. The number of rotatable bonds is 9. The number of nitrogens with zero attached hydrogens (tertiary/aromatic N) is 2. The van der Waals surface area contributed by atoms with Crippen LogP contribution in [0.3, 0.4) is 0 Å². The summed E-state index contributed by atoms with van der Waals surface area (Å²) >= 11 is 1.54. The predicted octanol–water partition coefficient (Wildman–Crippen LogP) is 4.02. The maximum atomic E-state index is 13.2. The summed E-state index contributed by atoms with van der Waals surface area (Å²) in [4.78, 5) is 41.2. The Morgan fingerprint density at radius 3 is 2.59 bits per heavy atom. The van der Waals surface area contributed by atoms with E-state index in [0.29, 0.717) is 18.1 Å². The van der Waals surface area contributed by atoms with Gasteiger partial charge in [0.1, 0.15) is 11.3 Å². The van der Waals surface area contributed by atoms with Crippen molar-refractivity contribution in [1.29, 1.82) is 0 Å². The molecule has 2 N–H and O–H groups in total. The van der Waals surface area contributed by atoms with E-state index >= 15 is 0 Å². The highest BCUT2D eigenvalue weighted by Gasteiger charge is 2.38. The smallest absolute Gasteiger partial charge is 0.245 e. The van der Waals surface area contributed by atoms with Crippen LogP contribution in [0.4, 0.5) is 5.82 Å². The van der Waals surface area contributed by atoms with Crippen LogP contribution in [0.5, 0.6) is 0 Å². The zero-order valence-corrected chi connectivity index (χ0v) is 19.8. The van der Waals surface area contributed by atoms with Gasteiger partial charge in [0.05, 0.1) is 6.54 Å². The molecule has 0 aromatic carbocycles. The van der Waals surface area contributed by atoms with E-state index in [0.717, 1.165) is 30.6 Å². The van der Waals surface area contributed by atoms with Crippen molar-refractivity contribution >= 4 is 34.9 Å². The van der Waals surface area contributed by atoms with Gasteiger partial charge in [0.25, 0.3) is 0 Å². The fraction of sp³-hybridized carbons (Fsp3) is 0.565. The number of amides is 3. The Labute approximate surface area is 192 Å². The van der Waals surface area contributed by atoms with Crippen molar-refractivity contribution in [2.45, 2.75) is 83.8 Å². The van der Waals surface area contributed by atoms with E-state index < -0.39 is 5.54 Å². The molecule has 8 nitrogen and oxygen atoms in total. The monoisotopic (exact) mass is 460 g/mol. The first-order valence-corrected chi connectivity index (χ1v) is 12.0. The van der Waals surface area contributed by atoms with Gasteiger partial charge in [-0.15, -0.1) is 11.3 Å². The molecular formula is C23H32N4O4S. The number of hydrogen-bond donors (Lipinski definition) is 2. The average molecular weight is 461 g/mol. The van der Waals surface area contributed by atoms with Crippen molar-refractivity contribution in [3.63, 3.8) is 0 Å². The van der Waals surface area contributed by atoms with Crippen LogP contribution in [-0.2, 0) is 20.9 Å². The molecule has 174 valence electrons. The molecule has 0 atom stereocenters. The molecule has 0 unspecified atom stereocenters. The minimum atomic E-state index is -1.04. The molecule has 9 heteroatoms. The van der Waals surface area contributed by atoms with Gasteiger partial charge < -0.3 is 20.1 Å². The molecule has 32 heavy (non-hydrogen) atoms. The number of aryl methyl sites for hydroxylation is 1. The molecule has 0 spiro atoms. The second kappa shape index (κ2) is 10.8. The van der Waals surface area contributed by atoms with Crippen LogP contribution >= 0.6 is 11.3 Å². The molecule has 2 heterocycles. The molecule has 2 aromatic rings. The summed E-state index contributed by atoms with van der Waals surface area (Å²) in [6.45, 7) is 5.60. The van der Waals surface area contributed by atoms with E-state index in [9.17, 15) is 14.4 Å². The predicted molar refractivity (Wildman–Crippen MR) is 123 cm³/mol. The minimum absolute atomic E-state index is 0.00577. The third-order valence-corrected chi connectivity index (χ3v) is 6.69. The van der Waals surface area contributed by atoms with Gasteiger partial charge in [0, 0.05) is 29.8 Å². The summed E-state index contributed by atoms with van der Waals surface area (Å²) in [5, 5.41) is 11.4. The van der Waals surface area contributed by atoms with E-state index in [1.807, 2.05) is 17.5 Å². The largest absolute Gasteiger partial charge is 0.360 e. The highest BCUT2D eigenvalue weighted by atomic mass is 32.1. The van der Waals surface area contributed by atoms with Crippen molar-refractivity contribution in [3.8, 4) is 0 Å². The molecular weight excluding hydrogens is 428 g/mol. The summed E-state index contributed by atoms with van der Waals surface area (Å²) < 4.78 is 4.94. The van der Waals surface area contributed by atoms with Crippen LogP contribution in [0.2, 0.25) is 0 Å².